The first-order valence-corrected chi connectivity index (χ1v) is 18.3. The van der Waals surface area contributed by atoms with Gasteiger partial charge in [0.05, 0.1) is 11.4 Å². The van der Waals surface area contributed by atoms with E-state index in [0.29, 0.717) is 0 Å². The van der Waals surface area contributed by atoms with Gasteiger partial charge in [-0.3, -0.25) is 0 Å². The van der Waals surface area contributed by atoms with Crippen molar-refractivity contribution < 1.29 is 0 Å². The molecule has 0 saturated heterocycles. The Morgan fingerprint density at radius 1 is 0.358 bits per heavy atom. The van der Waals surface area contributed by atoms with Crippen LogP contribution in [-0.2, 0) is 5.41 Å². The minimum Gasteiger partial charge on any atom is -0.228 e. The minimum absolute atomic E-state index is 0.115. The Morgan fingerprint density at radius 2 is 0.868 bits per heavy atom. The number of fused-ring (bicyclic) bond motifs is 5. The average Bonchev–Trinajstić information content (AvgIpc) is 3.45. The number of aromatic nitrogens is 2. The lowest BCUT2D eigenvalue weighted by Gasteiger charge is -2.25. The van der Waals surface area contributed by atoms with Crippen molar-refractivity contribution >= 4 is 21.5 Å². The molecule has 1 aliphatic carbocycles. The third-order valence-electron chi connectivity index (χ3n) is 11.1. The Bertz CT molecular complexity index is 2780. The second kappa shape index (κ2) is 12.3. The second-order valence-electron chi connectivity index (χ2n) is 14.6. The van der Waals surface area contributed by atoms with Gasteiger partial charge in [-0.1, -0.05) is 172 Å². The van der Waals surface area contributed by atoms with Gasteiger partial charge in [0.15, 0.2) is 5.82 Å². The summed E-state index contributed by atoms with van der Waals surface area (Å²) in [4.78, 5) is 10.3. The molecule has 0 amide bonds. The Hall–Kier alpha value is -6.64. The zero-order valence-electron chi connectivity index (χ0n) is 29.7. The number of rotatable bonds is 5. The zero-order valence-corrected chi connectivity index (χ0v) is 29.7. The monoisotopic (exact) mass is 676 g/mol. The summed E-state index contributed by atoms with van der Waals surface area (Å²) in [6.45, 7) is 4.75. The molecule has 0 unspecified atom stereocenters. The third kappa shape index (κ3) is 5.18. The van der Waals surface area contributed by atoms with Crippen molar-refractivity contribution in [3.63, 3.8) is 0 Å². The molecule has 1 aromatic heterocycles. The van der Waals surface area contributed by atoms with E-state index in [0.717, 1.165) is 39.3 Å². The van der Waals surface area contributed by atoms with E-state index in [2.05, 4.69) is 184 Å². The fourth-order valence-electron chi connectivity index (χ4n) is 8.46. The van der Waals surface area contributed by atoms with Crippen LogP contribution in [0.2, 0.25) is 0 Å². The van der Waals surface area contributed by atoms with Gasteiger partial charge >= 0.3 is 0 Å². The summed E-state index contributed by atoms with van der Waals surface area (Å²) < 4.78 is 0. The maximum atomic E-state index is 5.16. The predicted octanol–water partition coefficient (Wildman–Crippen LogP) is 13.4. The lowest BCUT2D eigenvalue weighted by atomic mass is 9.78. The van der Waals surface area contributed by atoms with E-state index in [9.17, 15) is 0 Å². The molecule has 8 aromatic carbocycles. The van der Waals surface area contributed by atoms with Crippen LogP contribution in [0, 0.1) is 0 Å². The highest BCUT2D eigenvalue weighted by atomic mass is 14.9. The highest BCUT2D eigenvalue weighted by Gasteiger charge is 2.37. The van der Waals surface area contributed by atoms with Gasteiger partial charge < -0.3 is 0 Å². The first-order chi connectivity index (χ1) is 26.0. The Balaban J connectivity index is 1.06. The van der Waals surface area contributed by atoms with E-state index in [1.807, 2.05) is 12.1 Å². The molecule has 0 radical (unpaired) electrons. The van der Waals surface area contributed by atoms with Crippen LogP contribution >= 0.6 is 0 Å². The van der Waals surface area contributed by atoms with Crippen LogP contribution in [0.15, 0.2) is 182 Å². The molecular formula is C51H36N2. The molecule has 1 heterocycles. The normalized spacial score (nSPS) is 12.9. The van der Waals surface area contributed by atoms with Crippen LogP contribution in [0.1, 0.15) is 25.0 Å². The smallest absolute Gasteiger partial charge is 0.161 e. The topological polar surface area (TPSA) is 25.8 Å². The summed E-state index contributed by atoms with van der Waals surface area (Å²) in [5.74, 6) is 0.720. The van der Waals surface area contributed by atoms with Crippen LogP contribution in [-0.4, -0.2) is 9.97 Å². The molecule has 0 bridgehead atoms. The molecule has 250 valence electrons. The molecule has 2 heteroatoms. The predicted molar refractivity (Wildman–Crippen MR) is 222 cm³/mol. The van der Waals surface area contributed by atoms with Gasteiger partial charge in [-0.2, -0.15) is 0 Å². The van der Waals surface area contributed by atoms with Crippen molar-refractivity contribution in [2.24, 2.45) is 0 Å². The molecule has 0 saturated carbocycles. The third-order valence-corrected chi connectivity index (χ3v) is 11.1. The Morgan fingerprint density at radius 3 is 1.51 bits per heavy atom. The van der Waals surface area contributed by atoms with Gasteiger partial charge in [-0.15, -0.1) is 0 Å². The molecule has 0 atom stereocenters. The number of hydrogen-bond donors (Lipinski definition) is 0. The first kappa shape index (κ1) is 31.1. The molecule has 0 spiro atoms. The highest BCUT2D eigenvalue weighted by molar-refractivity contribution is 6.04. The van der Waals surface area contributed by atoms with Crippen molar-refractivity contribution in [2.45, 2.75) is 19.3 Å². The molecule has 0 aliphatic heterocycles. The largest absolute Gasteiger partial charge is 0.228 e. The molecular weight excluding hydrogens is 641 g/mol. The van der Waals surface area contributed by atoms with E-state index in [4.69, 9.17) is 9.97 Å². The van der Waals surface area contributed by atoms with Crippen molar-refractivity contribution in [1.29, 1.82) is 0 Å². The van der Waals surface area contributed by atoms with Crippen LogP contribution in [0.4, 0.5) is 0 Å². The maximum Gasteiger partial charge on any atom is 0.161 e. The SMILES string of the molecule is CC1(C)c2cc3ccccc3cc2-c2cccc(-c3ccc(-c4ccc(-c5nc(-c6ccccc6)cc(-c6ccccc6)n5)c5ccccc45)cc3)c21. The van der Waals surface area contributed by atoms with E-state index < -0.39 is 0 Å². The van der Waals surface area contributed by atoms with Crippen LogP contribution in [0.5, 0.6) is 0 Å². The van der Waals surface area contributed by atoms with E-state index in [-0.39, 0.29) is 5.41 Å². The van der Waals surface area contributed by atoms with E-state index >= 15 is 0 Å². The summed E-state index contributed by atoms with van der Waals surface area (Å²) >= 11 is 0. The van der Waals surface area contributed by atoms with Gasteiger partial charge in [-0.25, -0.2) is 9.97 Å². The lowest BCUT2D eigenvalue weighted by Crippen LogP contribution is -2.16. The number of hydrogen-bond acceptors (Lipinski definition) is 2. The molecule has 0 N–H and O–H groups in total. The molecule has 53 heavy (non-hydrogen) atoms. The van der Waals surface area contributed by atoms with Crippen LogP contribution in [0.3, 0.4) is 0 Å². The number of benzene rings is 8. The number of nitrogens with zero attached hydrogens (tertiary/aromatic N) is 2. The van der Waals surface area contributed by atoms with Crippen molar-refractivity contribution in [3.05, 3.63) is 193 Å². The minimum atomic E-state index is -0.115. The van der Waals surface area contributed by atoms with Crippen molar-refractivity contribution in [2.75, 3.05) is 0 Å². The molecule has 1 aliphatic rings. The molecule has 9 aromatic rings. The first-order valence-electron chi connectivity index (χ1n) is 18.3. The zero-order chi connectivity index (χ0) is 35.5. The molecule has 0 fully saturated rings. The quantitative estimate of drug-likeness (QED) is 0.181. The Labute approximate surface area is 310 Å². The maximum absolute atomic E-state index is 5.16. The summed E-state index contributed by atoms with van der Waals surface area (Å²) in [5.41, 5.74) is 15.3. The average molecular weight is 677 g/mol. The van der Waals surface area contributed by atoms with Gasteiger partial charge in [0, 0.05) is 22.1 Å². The summed E-state index contributed by atoms with van der Waals surface area (Å²) in [6, 6.07) is 65.3. The van der Waals surface area contributed by atoms with E-state index in [1.54, 1.807) is 0 Å². The van der Waals surface area contributed by atoms with Crippen molar-refractivity contribution in [3.8, 4) is 67.3 Å². The van der Waals surface area contributed by atoms with Gasteiger partial charge in [0.2, 0.25) is 0 Å². The second-order valence-corrected chi connectivity index (χ2v) is 14.6. The Kier molecular flexibility index (Phi) is 7.19. The fourth-order valence-corrected chi connectivity index (χ4v) is 8.46. The molecule has 10 rings (SSSR count). The molecule has 2 nitrogen and oxygen atoms in total. The van der Waals surface area contributed by atoms with Gasteiger partial charge in [0.1, 0.15) is 0 Å². The lowest BCUT2D eigenvalue weighted by molar-refractivity contribution is 0.663. The summed E-state index contributed by atoms with van der Waals surface area (Å²) in [7, 11) is 0. The standard InChI is InChI=1S/C51H36N2/c1-51(2)46-31-38-19-10-9-18-37(38)30-45(46)43-23-13-22-40(49(43)51)34-26-24-33(25-27-34)39-28-29-44(42-21-12-11-20-41(39)42)50-52-47(35-14-5-3-6-15-35)32-48(53-50)36-16-7-4-8-17-36/h3-32H,1-2H3. The van der Waals surface area contributed by atoms with Crippen molar-refractivity contribution in [1.82, 2.24) is 9.97 Å². The summed E-state index contributed by atoms with van der Waals surface area (Å²) in [6.07, 6.45) is 0. The van der Waals surface area contributed by atoms with Crippen LogP contribution in [0.25, 0.3) is 88.8 Å². The summed E-state index contributed by atoms with van der Waals surface area (Å²) in [5, 5.41) is 4.89. The van der Waals surface area contributed by atoms with Gasteiger partial charge in [-0.05, 0) is 90.3 Å². The highest BCUT2D eigenvalue weighted by Crippen LogP contribution is 2.53. The van der Waals surface area contributed by atoms with Gasteiger partial charge in [0.25, 0.3) is 0 Å². The van der Waals surface area contributed by atoms with Crippen LogP contribution < -0.4 is 0 Å². The van der Waals surface area contributed by atoms with E-state index in [1.165, 1.54) is 60.7 Å². The fraction of sp³-hybridized carbons (Fsp3) is 0.0588.